The predicted octanol–water partition coefficient (Wildman–Crippen LogP) is 2.79. The van der Waals surface area contributed by atoms with Crippen molar-refractivity contribution in [3.8, 4) is 5.69 Å². The van der Waals surface area contributed by atoms with Crippen molar-refractivity contribution in [2.24, 2.45) is 0 Å². The van der Waals surface area contributed by atoms with Crippen LogP contribution >= 0.6 is 0 Å². The molecule has 1 heterocycles. The van der Waals surface area contributed by atoms with E-state index in [1.807, 2.05) is 43.3 Å². The quantitative estimate of drug-likeness (QED) is 0.804. The fourth-order valence-corrected chi connectivity index (χ4v) is 2.52. The lowest BCUT2D eigenvalue weighted by atomic mass is 10.0. The molecule has 3 rings (SSSR count). The number of para-hydroxylation sites is 2. The van der Waals surface area contributed by atoms with Gasteiger partial charge in [0.2, 0.25) is 0 Å². The molecule has 0 aliphatic rings. The van der Waals surface area contributed by atoms with Crippen molar-refractivity contribution in [3.63, 3.8) is 0 Å². The van der Waals surface area contributed by atoms with E-state index in [4.69, 9.17) is 0 Å². The molecule has 23 heavy (non-hydrogen) atoms. The zero-order valence-corrected chi connectivity index (χ0v) is 13.0. The Kier molecular flexibility index (Phi) is 4.14. The van der Waals surface area contributed by atoms with Crippen LogP contribution in [-0.4, -0.2) is 26.1 Å². The summed E-state index contributed by atoms with van der Waals surface area (Å²) in [7, 11) is 0. The first-order valence-corrected chi connectivity index (χ1v) is 7.43. The summed E-state index contributed by atoms with van der Waals surface area (Å²) in [6, 6.07) is 13.2. The predicted molar refractivity (Wildman–Crippen MR) is 87.7 cm³/mol. The largest absolute Gasteiger partial charge is 0.321 e. The smallest absolute Gasteiger partial charge is 0.257 e. The Balaban J connectivity index is 1.97. The molecule has 0 atom stereocenters. The van der Waals surface area contributed by atoms with Gasteiger partial charge in [0, 0.05) is 5.69 Å². The molecule has 0 saturated carbocycles. The minimum absolute atomic E-state index is 0.180. The lowest BCUT2D eigenvalue weighted by molar-refractivity contribution is 0.102. The third-order valence-electron chi connectivity index (χ3n) is 3.72. The number of carbonyl (C=O) groups is 1. The van der Waals surface area contributed by atoms with Crippen LogP contribution in [0.15, 0.2) is 48.8 Å². The van der Waals surface area contributed by atoms with Crippen LogP contribution in [0, 0.1) is 6.92 Å². The summed E-state index contributed by atoms with van der Waals surface area (Å²) in [6.07, 6.45) is 2.32. The van der Waals surface area contributed by atoms with Crippen molar-refractivity contribution in [3.05, 3.63) is 65.5 Å². The number of nitrogens with zero attached hydrogens (tertiary/aromatic N) is 4. The van der Waals surface area contributed by atoms with Crippen LogP contribution in [0.5, 0.6) is 0 Å². The highest BCUT2D eigenvalue weighted by Gasteiger charge is 2.15. The maximum Gasteiger partial charge on any atom is 0.257 e. The number of hydrogen-bond donors (Lipinski definition) is 1. The van der Waals surface area contributed by atoms with E-state index >= 15 is 0 Å². The van der Waals surface area contributed by atoms with Crippen molar-refractivity contribution in [2.45, 2.75) is 20.3 Å². The van der Waals surface area contributed by atoms with Gasteiger partial charge in [-0.25, -0.2) is 0 Å². The standard InChI is InChI=1S/C17H17N5O/c1-3-13-8-6-7-12(2)16(13)19-17(23)14-9-4-5-10-15(14)22-11-18-20-21-22/h4-11H,3H2,1-2H3,(H,19,23). The maximum absolute atomic E-state index is 12.8. The minimum atomic E-state index is -0.180. The number of rotatable bonds is 4. The molecule has 0 spiro atoms. The molecule has 0 saturated heterocycles. The molecule has 6 nitrogen and oxygen atoms in total. The van der Waals surface area contributed by atoms with Crippen molar-refractivity contribution < 1.29 is 4.79 Å². The number of aryl methyl sites for hydroxylation is 2. The number of benzene rings is 2. The number of anilines is 1. The van der Waals surface area contributed by atoms with Crippen molar-refractivity contribution in [1.29, 1.82) is 0 Å². The average molecular weight is 307 g/mol. The van der Waals surface area contributed by atoms with Gasteiger partial charge in [-0.1, -0.05) is 37.3 Å². The molecule has 2 aromatic carbocycles. The van der Waals surface area contributed by atoms with Crippen molar-refractivity contribution in [1.82, 2.24) is 20.2 Å². The lowest BCUT2D eigenvalue weighted by Crippen LogP contribution is -2.17. The summed E-state index contributed by atoms with van der Waals surface area (Å²) < 4.78 is 1.48. The van der Waals surface area contributed by atoms with Gasteiger partial charge < -0.3 is 5.32 Å². The zero-order valence-electron chi connectivity index (χ0n) is 13.0. The summed E-state index contributed by atoms with van der Waals surface area (Å²) in [5.41, 5.74) is 4.18. The van der Waals surface area contributed by atoms with Crippen LogP contribution in [0.1, 0.15) is 28.4 Å². The summed E-state index contributed by atoms with van der Waals surface area (Å²) in [6.45, 7) is 4.06. The van der Waals surface area contributed by atoms with Gasteiger partial charge >= 0.3 is 0 Å². The molecule has 1 N–H and O–H groups in total. The number of tetrazole rings is 1. The highest BCUT2D eigenvalue weighted by molar-refractivity contribution is 6.07. The number of hydrogen-bond acceptors (Lipinski definition) is 4. The molecular formula is C17H17N5O. The van der Waals surface area contributed by atoms with Crippen molar-refractivity contribution >= 4 is 11.6 Å². The molecule has 0 fully saturated rings. The molecule has 0 bridgehead atoms. The molecule has 0 aliphatic carbocycles. The van der Waals surface area contributed by atoms with E-state index in [0.29, 0.717) is 11.3 Å². The Morgan fingerprint density at radius 1 is 1.17 bits per heavy atom. The van der Waals surface area contributed by atoms with Crippen LogP contribution in [0.3, 0.4) is 0 Å². The first kappa shape index (κ1) is 14.9. The highest BCUT2D eigenvalue weighted by Crippen LogP contribution is 2.23. The monoisotopic (exact) mass is 307 g/mol. The van der Waals surface area contributed by atoms with Gasteiger partial charge in [-0.3, -0.25) is 4.79 Å². The number of nitrogens with one attached hydrogen (secondary N) is 1. The first-order chi connectivity index (χ1) is 11.2. The zero-order chi connectivity index (χ0) is 16.2. The van der Waals surface area contributed by atoms with Crippen molar-refractivity contribution in [2.75, 3.05) is 5.32 Å². The molecule has 116 valence electrons. The Morgan fingerprint density at radius 3 is 2.74 bits per heavy atom. The van der Waals surface area contributed by atoms with Gasteiger partial charge in [0.05, 0.1) is 11.3 Å². The normalized spacial score (nSPS) is 10.5. The molecule has 0 aliphatic heterocycles. The van der Waals surface area contributed by atoms with E-state index in [0.717, 1.165) is 23.2 Å². The molecule has 6 heteroatoms. The molecule has 3 aromatic rings. The molecular weight excluding hydrogens is 290 g/mol. The van der Waals surface area contributed by atoms with Gasteiger partial charge in [-0.05, 0) is 47.0 Å². The first-order valence-electron chi connectivity index (χ1n) is 7.43. The topological polar surface area (TPSA) is 72.7 Å². The maximum atomic E-state index is 12.8. The number of carbonyl (C=O) groups excluding carboxylic acids is 1. The summed E-state index contributed by atoms with van der Waals surface area (Å²) in [5.74, 6) is -0.180. The highest BCUT2D eigenvalue weighted by atomic mass is 16.1. The van der Waals surface area contributed by atoms with Gasteiger partial charge in [-0.15, -0.1) is 5.10 Å². The fraction of sp³-hybridized carbons (Fsp3) is 0.176. The summed E-state index contributed by atoms with van der Waals surface area (Å²) in [4.78, 5) is 12.8. The Hall–Kier alpha value is -3.02. The lowest BCUT2D eigenvalue weighted by Gasteiger charge is -2.14. The SMILES string of the molecule is CCc1cccc(C)c1NC(=O)c1ccccc1-n1cnnn1. The third-order valence-corrected chi connectivity index (χ3v) is 3.72. The number of amides is 1. The van der Waals surface area contributed by atoms with E-state index < -0.39 is 0 Å². The van der Waals surface area contributed by atoms with E-state index in [1.165, 1.54) is 11.0 Å². The van der Waals surface area contributed by atoms with Crippen LogP contribution in [0.4, 0.5) is 5.69 Å². The second-order valence-electron chi connectivity index (χ2n) is 5.19. The van der Waals surface area contributed by atoms with Crippen LogP contribution < -0.4 is 5.32 Å². The molecule has 0 radical (unpaired) electrons. The van der Waals surface area contributed by atoms with E-state index in [1.54, 1.807) is 6.07 Å². The summed E-state index contributed by atoms with van der Waals surface area (Å²) in [5, 5.41) is 14.1. The van der Waals surface area contributed by atoms with E-state index in [-0.39, 0.29) is 5.91 Å². The Bertz CT molecular complexity index is 827. The van der Waals surface area contributed by atoms with Gasteiger partial charge in [0.15, 0.2) is 0 Å². The van der Waals surface area contributed by atoms with Crippen LogP contribution in [-0.2, 0) is 6.42 Å². The second-order valence-corrected chi connectivity index (χ2v) is 5.19. The summed E-state index contributed by atoms with van der Waals surface area (Å²) >= 11 is 0. The third kappa shape index (κ3) is 2.96. The minimum Gasteiger partial charge on any atom is -0.321 e. The Labute approximate surface area is 134 Å². The van der Waals surface area contributed by atoms with Gasteiger partial charge in [-0.2, -0.15) is 4.68 Å². The average Bonchev–Trinajstić information content (AvgIpc) is 3.11. The van der Waals surface area contributed by atoms with Gasteiger partial charge in [0.1, 0.15) is 6.33 Å². The molecule has 0 unspecified atom stereocenters. The second kappa shape index (κ2) is 6.39. The van der Waals surface area contributed by atoms with E-state index in [9.17, 15) is 4.79 Å². The van der Waals surface area contributed by atoms with E-state index in [2.05, 4.69) is 27.8 Å². The van der Waals surface area contributed by atoms with Crippen LogP contribution in [0.25, 0.3) is 5.69 Å². The van der Waals surface area contributed by atoms with Crippen LogP contribution in [0.2, 0.25) is 0 Å². The fourth-order valence-electron chi connectivity index (χ4n) is 2.52. The molecule has 1 amide bonds. The Morgan fingerprint density at radius 2 is 2.00 bits per heavy atom. The molecule has 1 aromatic heterocycles. The number of aromatic nitrogens is 4. The van der Waals surface area contributed by atoms with Gasteiger partial charge in [0.25, 0.3) is 5.91 Å².